The first-order chi connectivity index (χ1) is 24.4. The van der Waals surface area contributed by atoms with E-state index in [1.54, 1.807) is 0 Å². The predicted molar refractivity (Wildman–Crippen MR) is 202 cm³/mol. The number of hydrogen-bond donors (Lipinski definition) is 1. The normalized spacial score (nSPS) is 20.8. The number of anilines is 2. The molecule has 10 heteroatoms. The fourth-order valence-electron chi connectivity index (χ4n) is 8.70. The van der Waals surface area contributed by atoms with Crippen molar-refractivity contribution in [2.75, 3.05) is 16.8 Å². The molecular formula is C41H46N6O3S. The number of pyridine rings is 1. The van der Waals surface area contributed by atoms with E-state index in [-0.39, 0.29) is 11.6 Å². The standard InChI is InChI=1S/C41H46N6O3S/c1-24-30(21-42-47(24)22-26-14-15-27-20-32(26)41(27,5)6)28-16-17-35(44-36(28)38(49)50-40(2,3)4)46-19-18-25-10-9-11-29(31(25)23-46)37(48)45-39-43-33-12-7-8-13-34(33)51-39/h7-13,16-17,21,26-27,32H,14-15,18-20,22-23H2,1-6H3,(H,43,45,48)/t26-,27+,32+/m0/s1. The third-order valence-electron chi connectivity index (χ3n) is 11.6. The van der Waals surface area contributed by atoms with Crippen molar-refractivity contribution in [3.8, 4) is 11.1 Å². The number of benzene rings is 2. The van der Waals surface area contributed by atoms with Gasteiger partial charge in [0.25, 0.3) is 5.91 Å². The molecule has 0 saturated heterocycles. The highest BCUT2D eigenvalue weighted by Crippen LogP contribution is 2.61. The van der Waals surface area contributed by atoms with Crippen molar-refractivity contribution in [2.45, 2.75) is 85.9 Å². The highest BCUT2D eigenvalue weighted by Gasteiger charge is 2.54. The number of fused-ring (bicyclic) bond motifs is 4. The second-order valence-corrected chi connectivity index (χ2v) is 17.2. The molecule has 0 unspecified atom stereocenters. The van der Waals surface area contributed by atoms with Crippen molar-refractivity contribution in [2.24, 2.45) is 23.2 Å². The van der Waals surface area contributed by atoms with Crippen LogP contribution in [-0.4, -0.2) is 43.8 Å². The van der Waals surface area contributed by atoms with Gasteiger partial charge in [-0.3, -0.25) is 14.8 Å². The number of esters is 1. The molecular weight excluding hydrogens is 657 g/mol. The summed E-state index contributed by atoms with van der Waals surface area (Å²) in [7, 11) is 0. The van der Waals surface area contributed by atoms with Crippen LogP contribution in [0.4, 0.5) is 10.9 Å². The molecule has 4 aliphatic rings. The van der Waals surface area contributed by atoms with Crippen molar-refractivity contribution in [1.29, 1.82) is 0 Å². The molecule has 3 aliphatic carbocycles. The van der Waals surface area contributed by atoms with E-state index in [9.17, 15) is 9.59 Å². The smallest absolute Gasteiger partial charge is 0.358 e. The molecule has 1 N–H and O–H groups in total. The molecule has 3 atom stereocenters. The Balaban J connectivity index is 1.08. The van der Waals surface area contributed by atoms with Crippen molar-refractivity contribution >= 4 is 44.4 Å². The number of carbonyl (C=O) groups is 2. The number of ether oxygens (including phenoxy) is 1. The number of aromatic nitrogens is 4. The zero-order chi connectivity index (χ0) is 35.7. The van der Waals surface area contributed by atoms with Crippen LogP contribution in [0.15, 0.2) is 60.8 Å². The number of rotatable bonds is 7. The molecule has 5 aromatic rings. The van der Waals surface area contributed by atoms with Crippen molar-refractivity contribution < 1.29 is 14.3 Å². The van der Waals surface area contributed by atoms with Gasteiger partial charge in [0.1, 0.15) is 11.4 Å². The van der Waals surface area contributed by atoms with Gasteiger partial charge in [-0.2, -0.15) is 5.10 Å². The average molecular weight is 703 g/mol. The lowest BCUT2D eigenvalue weighted by Gasteiger charge is -2.60. The quantitative estimate of drug-likeness (QED) is 0.169. The number of nitrogens with one attached hydrogen (secondary N) is 1. The van der Waals surface area contributed by atoms with E-state index in [4.69, 9.17) is 14.8 Å². The van der Waals surface area contributed by atoms with E-state index in [0.29, 0.717) is 40.9 Å². The van der Waals surface area contributed by atoms with Crippen molar-refractivity contribution in [1.82, 2.24) is 19.7 Å². The van der Waals surface area contributed by atoms with E-state index < -0.39 is 11.6 Å². The summed E-state index contributed by atoms with van der Waals surface area (Å²) in [6.45, 7) is 14.6. The first kappa shape index (κ1) is 33.6. The van der Waals surface area contributed by atoms with Gasteiger partial charge in [-0.15, -0.1) is 0 Å². The fourth-order valence-corrected chi connectivity index (χ4v) is 9.56. The Bertz CT molecular complexity index is 2120. The SMILES string of the molecule is Cc1c(-c2ccc(N3CCc4cccc(C(=O)Nc5nc6ccccc6s5)c4C3)nc2C(=O)OC(C)(C)C)cnn1C[C@@H]1CC[C@@H]2C[C@H]1C2(C)C. The number of para-hydroxylation sites is 1. The lowest BCUT2D eigenvalue weighted by atomic mass is 9.45. The van der Waals surface area contributed by atoms with Crippen LogP contribution < -0.4 is 10.2 Å². The topological polar surface area (TPSA) is 102 Å². The van der Waals surface area contributed by atoms with Crippen LogP contribution in [0.2, 0.25) is 0 Å². The van der Waals surface area contributed by atoms with E-state index >= 15 is 0 Å². The molecule has 0 radical (unpaired) electrons. The first-order valence-corrected chi connectivity index (χ1v) is 19.0. The maximum absolute atomic E-state index is 13.8. The Hall–Kier alpha value is -4.57. The minimum atomic E-state index is -0.685. The molecule has 3 aromatic heterocycles. The van der Waals surface area contributed by atoms with Gasteiger partial charge < -0.3 is 9.64 Å². The Kier molecular flexibility index (Phi) is 8.28. The molecule has 9 nitrogen and oxygen atoms in total. The molecule has 264 valence electrons. The fraction of sp³-hybridized carbons (Fsp3) is 0.439. The lowest BCUT2D eigenvalue weighted by molar-refractivity contribution is -0.109. The summed E-state index contributed by atoms with van der Waals surface area (Å²) >= 11 is 1.46. The largest absolute Gasteiger partial charge is 0.455 e. The monoisotopic (exact) mass is 702 g/mol. The van der Waals surface area contributed by atoms with Gasteiger partial charge in [-0.1, -0.05) is 49.4 Å². The second-order valence-electron chi connectivity index (χ2n) is 16.1. The van der Waals surface area contributed by atoms with Crippen LogP contribution >= 0.6 is 11.3 Å². The Labute approximate surface area is 303 Å². The maximum Gasteiger partial charge on any atom is 0.358 e. The van der Waals surface area contributed by atoms with Crippen LogP contribution in [-0.2, 0) is 24.2 Å². The number of hydrogen-bond acceptors (Lipinski definition) is 8. The summed E-state index contributed by atoms with van der Waals surface area (Å²) in [4.78, 5) is 39.2. The number of nitrogens with zero attached hydrogens (tertiary/aromatic N) is 5. The number of thiazole rings is 1. The third-order valence-corrected chi connectivity index (χ3v) is 12.6. The van der Waals surface area contributed by atoms with Gasteiger partial charge in [-0.25, -0.2) is 14.8 Å². The lowest BCUT2D eigenvalue weighted by Crippen LogP contribution is -2.53. The van der Waals surface area contributed by atoms with Crippen LogP contribution in [0.25, 0.3) is 21.3 Å². The van der Waals surface area contributed by atoms with E-state index in [1.165, 1.54) is 30.6 Å². The van der Waals surface area contributed by atoms with Crippen LogP contribution in [0.1, 0.15) is 91.5 Å². The van der Waals surface area contributed by atoms with Crippen LogP contribution in [0.3, 0.4) is 0 Å². The minimum absolute atomic E-state index is 0.188. The van der Waals surface area contributed by atoms with Crippen LogP contribution in [0.5, 0.6) is 0 Å². The van der Waals surface area contributed by atoms with Gasteiger partial charge in [0.2, 0.25) is 0 Å². The highest BCUT2D eigenvalue weighted by molar-refractivity contribution is 7.22. The van der Waals surface area contributed by atoms with Gasteiger partial charge in [-0.05, 0) is 118 Å². The second kappa shape index (κ2) is 12.6. The molecule has 4 heterocycles. The first-order valence-electron chi connectivity index (χ1n) is 18.2. The Morgan fingerprint density at radius 2 is 1.84 bits per heavy atom. The molecule has 1 amide bonds. The molecule has 1 aliphatic heterocycles. The van der Waals surface area contributed by atoms with Gasteiger partial charge in [0, 0.05) is 42.0 Å². The zero-order valence-electron chi connectivity index (χ0n) is 30.3. The summed E-state index contributed by atoms with van der Waals surface area (Å²) in [5.41, 5.74) is 6.21. The maximum atomic E-state index is 13.8. The number of carbonyl (C=O) groups excluding carboxylic acids is 2. The minimum Gasteiger partial charge on any atom is -0.455 e. The Morgan fingerprint density at radius 3 is 2.61 bits per heavy atom. The predicted octanol–water partition coefficient (Wildman–Crippen LogP) is 8.71. The molecule has 2 bridgehead atoms. The summed E-state index contributed by atoms with van der Waals surface area (Å²) in [6.07, 6.45) is 6.50. The van der Waals surface area contributed by atoms with Gasteiger partial charge in [0.15, 0.2) is 10.8 Å². The van der Waals surface area contributed by atoms with Crippen molar-refractivity contribution in [3.05, 3.63) is 88.9 Å². The third kappa shape index (κ3) is 6.21. The molecule has 3 fully saturated rings. The molecule has 2 aromatic carbocycles. The summed E-state index contributed by atoms with van der Waals surface area (Å²) < 4.78 is 9.07. The highest BCUT2D eigenvalue weighted by atomic mass is 32.1. The Morgan fingerprint density at radius 1 is 1.02 bits per heavy atom. The zero-order valence-corrected chi connectivity index (χ0v) is 31.1. The molecule has 51 heavy (non-hydrogen) atoms. The summed E-state index contributed by atoms with van der Waals surface area (Å²) in [5.74, 6) is 2.21. The average Bonchev–Trinajstić information content (AvgIpc) is 3.68. The summed E-state index contributed by atoms with van der Waals surface area (Å²) in [5, 5.41) is 8.45. The van der Waals surface area contributed by atoms with Gasteiger partial charge in [0.05, 0.1) is 16.4 Å². The molecule has 0 spiro atoms. The van der Waals surface area contributed by atoms with Gasteiger partial charge >= 0.3 is 5.97 Å². The van der Waals surface area contributed by atoms with Crippen LogP contribution in [0, 0.1) is 30.1 Å². The number of amides is 1. The van der Waals surface area contributed by atoms with E-state index in [2.05, 4.69) is 46.7 Å². The van der Waals surface area contributed by atoms with Crippen molar-refractivity contribution in [3.63, 3.8) is 0 Å². The summed E-state index contributed by atoms with van der Waals surface area (Å²) in [6, 6.07) is 17.7. The van der Waals surface area contributed by atoms with E-state index in [1.807, 2.05) is 75.5 Å². The molecule has 3 saturated carbocycles. The molecule has 9 rings (SSSR count). The van der Waals surface area contributed by atoms with E-state index in [0.717, 1.165) is 63.0 Å².